The Bertz CT molecular complexity index is 425. The van der Waals surface area contributed by atoms with E-state index in [0.29, 0.717) is 6.54 Å². The Balaban J connectivity index is 2.19. The van der Waals surface area contributed by atoms with Gasteiger partial charge in [-0.1, -0.05) is 12.1 Å². The average molecular weight is 299 g/mol. The molecule has 17 heavy (non-hydrogen) atoms. The maximum atomic E-state index is 11.1. The van der Waals surface area contributed by atoms with Crippen LogP contribution >= 0.6 is 15.9 Å². The van der Waals surface area contributed by atoms with Gasteiger partial charge < -0.3 is 10.0 Å². The summed E-state index contributed by atoms with van der Waals surface area (Å²) < 4.78 is 1.01. The van der Waals surface area contributed by atoms with Crippen LogP contribution in [0.2, 0.25) is 0 Å². The lowest BCUT2D eigenvalue weighted by Gasteiger charge is -2.38. The highest BCUT2D eigenvalue weighted by Crippen LogP contribution is 2.27. The maximum absolute atomic E-state index is 11.1. The molecule has 0 aliphatic carbocycles. The molecule has 1 aromatic rings. The molecule has 1 N–H and O–H groups in total. The summed E-state index contributed by atoms with van der Waals surface area (Å²) in [5.41, 5.74) is 1.06. The molecule has 1 atom stereocenters. The number of likely N-dealkylation sites (N-methyl/N-ethyl adjacent to an activating group) is 1. The number of carbonyl (C=O) groups is 1. The van der Waals surface area contributed by atoms with Gasteiger partial charge in [0, 0.05) is 24.1 Å². The van der Waals surface area contributed by atoms with E-state index in [0.717, 1.165) is 23.2 Å². The van der Waals surface area contributed by atoms with Crippen LogP contribution in [0.1, 0.15) is 0 Å². The molecule has 0 saturated carbocycles. The van der Waals surface area contributed by atoms with Crippen molar-refractivity contribution >= 4 is 27.6 Å². The number of carboxylic acids is 1. The topological polar surface area (TPSA) is 43.8 Å². The Labute approximate surface area is 109 Å². The highest BCUT2D eigenvalue weighted by atomic mass is 79.9. The second kappa shape index (κ2) is 5.06. The Kier molecular flexibility index (Phi) is 3.69. The summed E-state index contributed by atoms with van der Waals surface area (Å²) in [6, 6.07) is 7.47. The van der Waals surface area contributed by atoms with E-state index in [1.165, 1.54) is 0 Å². The Morgan fingerprint density at radius 1 is 1.41 bits per heavy atom. The number of hydrogen-bond acceptors (Lipinski definition) is 3. The third-order valence-electron chi connectivity index (χ3n) is 3.13. The van der Waals surface area contributed by atoms with Crippen molar-refractivity contribution in [3.63, 3.8) is 0 Å². The molecule has 1 aliphatic rings. The average Bonchev–Trinajstić information content (AvgIpc) is 2.30. The lowest BCUT2D eigenvalue weighted by Crippen LogP contribution is -2.55. The smallest absolute Gasteiger partial charge is 0.322 e. The van der Waals surface area contributed by atoms with E-state index in [1.807, 2.05) is 36.2 Å². The van der Waals surface area contributed by atoms with Gasteiger partial charge in [0.05, 0.1) is 5.69 Å². The van der Waals surface area contributed by atoms with Gasteiger partial charge in [0.25, 0.3) is 0 Å². The number of nitrogens with zero attached hydrogens (tertiary/aromatic N) is 2. The van der Waals surface area contributed by atoms with Gasteiger partial charge in [-0.3, -0.25) is 9.69 Å². The summed E-state index contributed by atoms with van der Waals surface area (Å²) in [6.07, 6.45) is 0. The number of piperazine rings is 1. The molecular weight excluding hydrogens is 284 g/mol. The van der Waals surface area contributed by atoms with Crippen molar-refractivity contribution in [1.29, 1.82) is 0 Å². The van der Waals surface area contributed by atoms with Gasteiger partial charge in [-0.2, -0.15) is 0 Å². The molecule has 1 saturated heterocycles. The number of rotatable bonds is 2. The zero-order valence-corrected chi connectivity index (χ0v) is 11.2. The van der Waals surface area contributed by atoms with E-state index >= 15 is 0 Å². The largest absolute Gasteiger partial charge is 0.480 e. The van der Waals surface area contributed by atoms with Gasteiger partial charge in [-0.05, 0) is 35.1 Å². The first kappa shape index (κ1) is 12.4. The molecule has 0 radical (unpaired) electrons. The van der Waals surface area contributed by atoms with Crippen molar-refractivity contribution in [2.24, 2.45) is 0 Å². The molecule has 1 fully saturated rings. The zero-order valence-electron chi connectivity index (χ0n) is 9.64. The first-order valence-electron chi connectivity index (χ1n) is 5.52. The van der Waals surface area contributed by atoms with Crippen LogP contribution in [0.3, 0.4) is 0 Å². The number of para-hydroxylation sites is 1. The van der Waals surface area contributed by atoms with E-state index in [2.05, 4.69) is 20.8 Å². The van der Waals surface area contributed by atoms with Crippen LogP contribution in [0.4, 0.5) is 5.69 Å². The van der Waals surface area contributed by atoms with Crippen molar-refractivity contribution in [1.82, 2.24) is 4.90 Å². The highest BCUT2D eigenvalue weighted by Gasteiger charge is 2.30. The SMILES string of the molecule is CN1CCN(c2ccccc2Br)CC1C(=O)O. The van der Waals surface area contributed by atoms with Crippen LogP contribution < -0.4 is 4.90 Å². The molecule has 5 heteroatoms. The number of anilines is 1. The van der Waals surface area contributed by atoms with E-state index in [-0.39, 0.29) is 0 Å². The van der Waals surface area contributed by atoms with Gasteiger partial charge in [0.15, 0.2) is 0 Å². The summed E-state index contributed by atoms with van der Waals surface area (Å²) in [7, 11) is 1.86. The first-order chi connectivity index (χ1) is 8.09. The molecule has 4 nitrogen and oxygen atoms in total. The van der Waals surface area contributed by atoms with E-state index in [4.69, 9.17) is 5.11 Å². The molecule has 0 amide bonds. The third-order valence-corrected chi connectivity index (χ3v) is 3.80. The normalized spacial score (nSPS) is 21.5. The monoisotopic (exact) mass is 298 g/mol. The fourth-order valence-electron chi connectivity index (χ4n) is 2.07. The number of halogens is 1. The predicted octanol–water partition coefficient (Wildman–Crippen LogP) is 1.65. The van der Waals surface area contributed by atoms with Crippen LogP contribution in [-0.2, 0) is 4.79 Å². The molecule has 1 aliphatic heterocycles. The highest BCUT2D eigenvalue weighted by molar-refractivity contribution is 9.10. The fraction of sp³-hybridized carbons (Fsp3) is 0.417. The standard InChI is InChI=1S/C12H15BrN2O2/c1-14-6-7-15(8-11(14)12(16)17)10-5-3-2-4-9(10)13/h2-5,11H,6-8H2,1H3,(H,16,17). The summed E-state index contributed by atoms with van der Waals surface area (Å²) in [5.74, 6) is -0.760. The molecule has 0 bridgehead atoms. The minimum atomic E-state index is -0.760. The van der Waals surface area contributed by atoms with Gasteiger partial charge in [0.2, 0.25) is 0 Å². The van der Waals surface area contributed by atoms with Crippen LogP contribution in [0.25, 0.3) is 0 Å². The van der Waals surface area contributed by atoms with Crippen LogP contribution in [0, 0.1) is 0 Å². The van der Waals surface area contributed by atoms with Crippen LogP contribution in [-0.4, -0.2) is 48.7 Å². The molecule has 1 heterocycles. The molecule has 0 spiro atoms. The maximum Gasteiger partial charge on any atom is 0.322 e. The number of carboxylic acid groups (broad SMARTS) is 1. The molecule has 1 aromatic carbocycles. The van der Waals surface area contributed by atoms with Crippen LogP contribution in [0.15, 0.2) is 28.7 Å². The summed E-state index contributed by atoms with van der Waals surface area (Å²) in [6.45, 7) is 2.13. The van der Waals surface area contributed by atoms with Gasteiger partial charge >= 0.3 is 5.97 Å². The van der Waals surface area contributed by atoms with Crippen LogP contribution in [0.5, 0.6) is 0 Å². The predicted molar refractivity (Wildman–Crippen MR) is 70.4 cm³/mol. The molecular formula is C12H15BrN2O2. The summed E-state index contributed by atoms with van der Waals surface area (Å²) >= 11 is 3.50. The van der Waals surface area contributed by atoms with Gasteiger partial charge in [-0.15, -0.1) is 0 Å². The lowest BCUT2D eigenvalue weighted by atomic mass is 10.1. The first-order valence-corrected chi connectivity index (χ1v) is 6.31. The van der Waals surface area contributed by atoms with Crippen molar-refractivity contribution < 1.29 is 9.90 Å². The third kappa shape index (κ3) is 2.61. The van der Waals surface area contributed by atoms with Gasteiger partial charge in [0.1, 0.15) is 6.04 Å². The molecule has 1 unspecified atom stereocenters. The number of aliphatic carboxylic acids is 1. The van der Waals surface area contributed by atoms with Gasteiger partial charge in [-0.25, -0.2) is 0 Å². The van der Waals surface area contributed by atoms with Crippen molar-refractivity contribution in [3.8, 4) is 0 Å². The minimum Gasteiger partial charge on any atom is -0.480 e. The van der Waals surface area contributed by atoms with Crippen molar-refractivity contribution in [2.75, 3.05) is 31.6 Å². The second-order valence-electron chi connectivity index (χ2n) is 4.23. The summed E-state index contributed by atoms with van der Waals surface area (Å²) in [4.78, 5) is 15.1. The second-order valence-corrected chi connectivity index (χ2v) is 5.09. The van der Waals surface area contributed by atoms with Crippen molar-refractivity contribution in [3.05, 3.63) is 28.7 Å². The number of benzene rings is 1. The van der Waals surface area contributed by atoms with E-state index in [1.54, 1.807) is 0 Å². The Morgan fingerprint density at radius 3 is 2.76 bits per heavy atom. The van der Waals surface area contributed by atoms with E-state index < -0.39 is 12.0 Å². The summed E-state index contributed by atoms with van der Waals surface area (Å²) in [5, 5.41) is 9.16. The Morgan fingerprint density at radius 2 is 2.12 bits per heavy atom. The molecule has 92 valence electrons. The fourth-order valence-corrected chi connectivity index (χ4v) is 2.60. The Hall–Kier alpha value is -1.07. The lowest BCUT2D eigenvalue weighted by molar-refractivity contribution is -0.142. The molecule has 0 aromatic heterocycles. The van der Waals surface area contributed by atoms with E-state index in [9.17, 15) is 4.79 Å². The minimum absolute atomic E-state index is 0.434. The molecule has 2 rings (SSSR count). The van der Waals surface area contributed by atoms with Crippen molar-refractivity contribution in [2.45, 2.75) is 6.04 Å². The number of hydrogen-bond donors (Lipinski definition) is 1. The zero-order chi connectivity index (χ0) is 12.4. The quantitative estimate of drug-likeness (QED) is 0.902.